The first-order valence-corrected chi connectivity index (χ1v) is 12.4. The van der Waals surface area contributed by atoms with E-state index in [-0.39, 0.29) is 22.9 Å². The van der Waals surface area contributed by atoms with Crippen molar-refractivity contribution < 1.29 is 15.0 Å². The number of aliphatic hydroxyl groups is 2. The van der Waals surface area contributed by atoms with Crippen LogP contribution in [0.5, 0.6) is 0 Å². The third-order valence-electron chi connectivity index (χ3n) is 10.3. The van der Waals surface area contributed by atoms with Crippen LogP contribution in [0.1, 0.15) is 98.8 Å². The molecule has 4 saturated carbocycles. The average molecular weight is 405 g/mol. The standard InChI is InChI=1S/C26H44O3/c1-16(10-12-24(2,3)29)20-8-9-21-19-7-6-17-14-18(27)11-13-25(17,4)23(19)22(28)15-26(20,21)5/h16-21,23,27,29H,6-15H2,1-5H3/t16-,17+,18+,19+,20-,21?,23-,25+,26-/m1/s1. The van der Waals surface area contributed by atoms with Gasteiger partial charge in [0.1, 0.15) is 5.78 Å². The highest BCUT2D eigenvalue weighted by molar-refractivity contribution is 5.84. The molecule has 0 heterocycles. The van der Waals surface area contributed by atoms with Gasteiger partial charge in [0, 0.05) is 12.3 Å². The fourth-order valence-electron chi connectivity index (χ4n) is 8.80. The Hall–Kier alpha value is -0.410. The molecule has 4 fully saturated rings. The van der Waals surface area contributed by atoms with Gasteiger partial charge < -0.3 is 10.2 Å². The minimum absolute atomic E-state index is 0.116. The number of rotatable bonds is 4. The summed E-state index contributed by atoms with van der Waals surface area (Å²) in [6.07, 6.45) is 10.2. The van der Waals surface area contributed by atoms with Gasteiger partial charge in [-0.3, -0.25) is 4.79 Å². The molecular formula is C26H44O3. The number of carbonyl (C=O) groups excluding carboxylic acids is 1. The lowest BCUT2D eigenvalue weighted by atomic mass is 9.44. The van der Waals surface area contributed by atoms with E-state index >= 15 is 0 Å². The largest absolute Gasteiger partial charge is 0.393 e. The highest BCUT2D eigenvalue weighted by Crippen LogP contribution is 2.67. The molecule has 3 heteroatoms. The van der Waals surface area contributed by atoms with Gasteiger partial charge in [-0.05, 0) is 112 Å². The van der Waals surface area contributed by atoms with Gasteiger partial charge in [0.15, 0.2) is 0 Å². The highest BCUT2D eigenvalue weighted by Gasteiger charge is 2.63. The maximum atomic E-state index is 13.7. The Morgan fingerprint density at radius 2 is 1.83 bits per heavy atom. The van der Waals surface area contributed by atoms with Crippen molar-refractivity contribution in [2.75, 3.05) is 0 Å². The predicted molar refractivity (Wildman–Crippen MR) is 116 cm³/mol. The maximum absolute atomic E-state index is 13.7. The van der Waals surface area contributed by atoms with E-state index in [0.29, 0.717) is 35.4 Å². The second kappa shape index (κ2) is 7.33. The van der Waals surface area contributed by atoms with Crippen LogP contribution in [0.25, 0.3) is 0 Å². The lowest BCUT2D eigenvalue weighted by Gasteiger charge is -2.60. The lowest BCUT2D eigenvalue weighted by molar-refractivity contribution is -0.162. The van der Waals surface area contributed by atoms with Gasteiger partial charge in [-0.25, -0.2) is 0 Å². The Morgan fingerprint density at radius 1 is 1.10 bits per heavy atom. The Kier molecular flexibility index (Phi) is 5.51. The summed E-state index contributed by atoms with van der Waals surface area (Å²) in [5.41, 5.74) is -0.334. The first-order valence-electron chi connectivity index (χ1n) is 12.4. The van der Waals surface area contributed by atoms with E-state index in [1.807, 2.05) is 13.8 Å². The van der Waals surface area contributed by atoms with Crippen LogP contribution in [-0.2, 0) is 4.79 Å². The Bertz CT molecular complexity index is 636. The number of aliphatic hydroxyl groups excluding tert-OH is 1. The third-order valence-corrected chi connectivity index (χ3v) is 10.3. The van der Waals surface area contributed by atoms with Crippen molar-refractivity contribution in [3.05, 3.63) is 0 Å². The van der Waals surface area contributed by atoms with Crippen LogP contribution >= 0.6 is 0 Å². The molecule has 0 radical (unpaired) electrons. The van der Waals surface area contributed by atoms with E-state index in [0.717, 1.165) is 38.5 Å². The summed E-state index contributed by atoms with van der Waals surface area (Å²) < 4.78 is 0. The molecule has 0 aromatic heterocycles. The Balaban J connectivity index is 1.55. The van der Waals surface area contributed by atoms with Crippen molar-refractivity contribution >= 4 is 5.78 Å². The molecule has 166 valence electrons. The molecule has 0 saturated heterocycles. The summed E-state index contributed by atoms with van der Waals surface area (Å²) >= 11 is 0. The topological polar surface area (TPSA) is 57.5 Å². The zero-order valence-corrected chi connectivity index (χ0v) is 19.4. The van der Waals surface area contributed by atoms with E-state index < -0.39 is 5.60 Å². The molecule has 3 nitrogen and oxygen atoms in total. The second-order valence-electron chi connectivity index (χ2n) is 12.6. The molecule has 0 aliphatic heterocycles. The van der Waals surface area contributed by atoms with Crippen LogP contribution in [0.2, 0.25) is 0 Å². The van der Waals surface area contributed by atoms with Crippen molar-refractivity contribution in [3.63, 3.8) is 0 Å². The highest BCUT2D eigenvalue weighted by atomic mass is 16.3. The van der Waals surface area contributed by atoms with Crippen molar-refractivity contribution in [3.8, 4) is 0 Å². The summed E-state index contributed by atoms with van der Waals surface area (Å²) in [7, 11) is 0. The quantitative estimate of drug-likeness (QED) is 0.662. The summed E-state index contributed by atoms with van der Waals surface area (Å²) in [6, 6.07) is 0. The molecule has 4 rings (SSSR count). The number of ketones is 1. The minimum Gasteiger partial charge on any atom is -0.393 e. The fourth-order valence-corrected chi connectivity index (χ4v) is 8.80. The van der Waals surface area contributed by atoms with Gasteiger partial charge in [-0.15, -0.1) is 0 Å². The average Bonchev–Trinajstić information content (AvgIpc) is 2.96. The van der Waals surface area contributed by atoms with E-state index in [1.54, 1.807) is 0 Å². The Morgan fingerprint density at radius 3 is 2.52 bits per heavy atom. The first kappa shape index (κ1) is 21.8. The fraction of sp³-hybridized carbons (Fsp3) is 0.962. The third kappa shape index (κ3) is 3.63. The lowest BCUT2D eigenvalue weighted by Crippen LogP contribution is -2.58. The summed E-state index contributed by atoms with van der Waals surface area (Å²) in [4.78, 5) is 13.7. The van der Waals surface area contributed by atoms with Gasteiger partial charge in [0.25, 0.3) is 0 Å². The van der Waals surface area contributed by atoms with Crippen LogP contribution in [0.15, 0.2) is 0 Å². The summed E-state index contributed by atoms with van der Waals surface area (Å²) in [5, 5.41) is 20.4. The van der Waals surface area contributed by atoms with E-state index in [1.165, 1.54) is 25.7 Å². The monoisotopic (exact) mass is 404 g/mol. The van der Waals surface area contributed by atoms with E-state index in [4.69, 9.17) is 0 Å². The van der Waals surface area contributed by atoms with Crippen molar-refractivity contribution in [1.29, 1.82) is 0 Å². The van der Waals surface area contributed by atoms with Crippen LogP contribution in [0.3, 0.4) is 0 Å². The molecule has 9 atom stereocenters. The van der Waals surface area contributed by atoms with Crippen molar-refractivity contribution in [1.82, 2.24) is 0 Å². The molecule has 0 aromatic carbocycles. The maximum Gasteiger partial charge on any atom is 0.137 e. The molecule has 29 heavy (non-hydrogen) atoms. The van der Waals surface area contributed by atoms with Crippen LogP contribution in [0, 0.1) is 46.3 Å². The minimum atomic E-state index is -0.598. The molecular weight excluding hydrogens is 360 g/mol. The molecule has 4 aliphatic carbocycles. The number of hydrogen-bond donors (Lipinski definition) is 2. The van der Waals surface area contributed by atoms with Gasteiger partial charge >= 0.3 is 0 Å². The number of fused-ring (bicyclic) bond motifs is 5. The van der Waals surface area contributed by atoms with Crippen LogP contribution < -0.4 is 0 Å². The van der Waals surface area contributed by atoms with Crippen molar-refractivity contribution in [2.24, 2.45) is 46.3 Å². The zero-order valence-electron chi connectivity index (χ0n) is 19.4. The molecule has 2 N–H and O–H groups in total. The first-order chi connectivity index (χ1) is 13.5. The van der Waals surface area contributed by atoms with Crippen LogP contribution in [0.4, 0.5) is 0 Å². The number of carbonyl (C=O) groups is 1. The molecule has 0 amide bonds. The van der Waals surface area contributed by atoms with Crippen LogP contribution in [-0.4, -0.2) is 27.7 Å². The summed E-state index contributed by atoms with van der Waals surface area (Å²) in [5.74, 6) is 3.73. The number of Topliss-reactive ketones (excluding diaryl/α,β-unsaturated/α-hetero) is 1. The molecule has 0 bridgehead atoms. The molecule has 4 aliphatic rings. The smallest absolute Gasteiger partial charge is 0.137 e. The SMILES string of the molecule is C[C@H](CCC(C)(C)O)[C@H]1CCC2[C@@H]3CC[C@H]4C[C@@H](O)CC[C@]4(C)[C@H]3C(=O)C[C@@]21C. The Labute approximate surface area is 178 Å². The molecule has 0 spiro atoms. The predicted octanol–water partition coefficient (Wildman–Crippen LogP) is 5.37. The summed E-state index contributed by atoms with van der Waals surface area (Å²) in [6.45, 7) is 11.0. The van der Waals surface area contributed by atoms with Gasteiger partial charge in [-0.1, -0.05) is 20.8 Å². The normalized spacial score (nSPS) is 48.6. The van der Waals surface area contributed by atoms with E-state index in [2.05, 4.69) is 20.8 Å². The number of hydrogen-bond acceptors (Lipinski definition) is 3. The van der Waals surface area contributed by atoms with Gasteiger partial charge in [0.2, 0.25) is 0 Å². The van der Waals surface area contributed by atoms with Gasteiger partial charge in [0.05, 0.1) is 11.7 Å². The van der Waals surface area contributed by atoms with E-state index in [9.17, 15) is 15.0 Å². The molecule has 1 unspecified atom stereocenters. The zero-order chi connectivity index (χ0) is 21.2. The molecule has 0 aromatic rings. The second-order valence-corrected chi connectivity index (χ2v) is 12.6. The van der Waals surface area contributed by atoms with Crippen molar-refractivity contribution in [2.45, 2.75) is 111 Å². The van der Waals surface area contributed by atoms with Gasteiger partial charge in [-0.2, -0.15) is 0 Å².